The molecule has 3 aliphatic carbocycles. The van der Waals surface area contributed by atoms with E-state index >= 15 is 0 Å². The lowest BCUT2D eigenvalue weighted by molar-refractivity contribution is 0.660. The van der Waals surface area contributed by atoms with Crippen molar-refractivity contribution < 1.29 is 4.42 Å². The van der Waals surface area contributed by atoms with Crippen LogP contribution in [0.2, 0.25) is 0 Å². The summed E-state index contributed by atoms with van der Waals surface area (Å²) in [7, 11) is 0. The number of hydrogen-bond donors (Lipinski definition) is 0. The van der Waals surface area contributed by atoms with Crippen molar-refractivity contribution in [1.29, 1.82) is 0 Å². The Bertz CT molecular complexity index is 3090. The standard InChI is InChI=1S/C52H37NO/c1-51(2)40-15-9-8-13-36(40)37-24-23-35(29-42(37)51)53(33-11-6-5-7-12-33)34-21-17-30(18-22-34)32-27-39-38-14-10-16-44-48(38)50-45(54-44)26-20-31-19-25-41-49(46(31)50)47(39)43(28-32)52(41,3)4/h5-29H,1-4H3. The molecule has 0 saturated heterocycles. The Hall–Kier alpha value is -6.38. The molecule has 0 amide bonds. The van der Waals surface area contributed by atoms with Crippen LogP contribution in [0.15, 0.2) is 156 Å². The summed E-state index contributed by atoms with van der Waals surface area (Å²) >= 11 is 0. The second kappa shape index (κ2) is 10.2. The van der Waals surface area contributed by atoms with Gasteiger partial charge in [-0.3, -0.25) is 0 Å². The molecule has 12 rings (SSSR count). The quantitative estimate of drug-likeness (QED) is 0.183. The number of nitrogens with zero attached hydrogens (tertiary/aromatic N) is 1. The van der Waals surface area contributed by atoms with Crippen molar-refractivity contribution in [2.75, 3.05) is 4.90 Å². The fraction of sp³-hybridized carbons (Fsp3) is 0.115. The molecule has 0 radical (unpaired) electrons. The maximum atomic E-state index is 6.53. The van der Waals surface area contributed by atoms with Crippen LogP contribution in [0.4, 0.5) is 17.1 Å². The van der Waals surface area contributed by atoms with Gasteiger partial charge in [-0.2, -0.15) is 0 Å². The summed E-state index contributed by atoms with van der Waals surface area (Å²) in [4.78, 5) is 2.40. The van der Waals surface area contributed by atoms with Gasteiger partial charge >= 0.3 is 0 Å². The van der Waals surface area contributed by atoms with Crippen LogP contribution >= 0.6 is 0 Å². The van der Waals surface area contributed by atoms with Crippen molar-refractivity contribution in [3.8, 4) is 44.5 Å². The topological polar surface area (TPSA) is 16.4 Å². The normalized spacial score (nSPS) is 15.0. The Morgan fingerprint density at radius 1 is 0.389 bits per heavy atom. The van der Waals surface area contributed by atoms with Crippen LogP contribution in [0.5, 0.6) is 0 Å². The fourth-order valence-electron chi connectivity index (χ4n) is 10.3. The van der Waals surface area contributed by atoms with Gasteiger partial charge in [0.25, 0.3) is 0 Å². The third kappa shape index (κ3) is 3.75. The lowest BCUT2D eigenvalue weighted by Crippen LogP contribution is -2.16. The molecule has 2 nitrogen and oxygen atoms in total. The van der Waals surface area contributed by atoms with Crippen LogP contribution in [-0.4, -0.2) is 0 Å². The first-order valence-corrected chi connectivity index (χ1v) is 19.1. The Kier molecular flexibility index (Phi) is 5.68. The lowest BCUT2D eigenvalue weighted by atomic mass is 9.80. The molecule has 8 aromatic carbocycles. The van der Waals surface area contributed by atoms with E-state index < -0.39 is 0 Å². The Morgan fingerprint density at radius 3 is 1.93 bits per heavy atom. The van der Waals surface area contributed by atoms with Crippen molar-refractivity contribution in [2.45, 2.75) is 38.5 Å². The molecule has 0 spiro atoms. The van der Waals surface area contributed by atoms with E-state index in [0.29, 0.717) is 0 Å². The average molecular weight is 692 g/mol. The first kappa shape index (κ1) is 30.1. The molecule has 9 aromatic rings. The Morgan fingerprint density at radius 2 is 1.07 bits per heavy atom. The van der Waals surface area contributed by atoms with Crippen LogP contribution in [-0.2, 0) is 10.8 Å². The van der Waals surface area contributed by atoms with E-state index in [2.05, 4.69) is 184 Å². The van der Waals surface area contributed by atoms with Crippen molar-refractivity contribution in [3.05, 3.63) is 174 Å². The van der Waals surface area contributed by atoms with Crippen molar-refractivity contribution in [2.24, 2.45) is 0 Å². The molecule has 54 heavy (non-hydrogen) atoms. The van der Waals surface area contributed by atoms with Gasteiger partial charge in [0.2, 0.25) is 0 Å². The van der Waals surface area contributed by atoms with Gasteiger partial charge < -0.3 is 9.32 Å². The van der Waals surface area contributed by atoms with E-state index in [4.69, 9.17) is 4.42 Å². The molecule has 0 bridgehead atoms. The molecule has 0 fully saturated rings. The molecular formula is C52H37NO. The highest BCUT2D eigenvalue weighted by atomic mass is 16.3. The summed E-state index contributed by atoms with van der Waals surface area (Å²) in [5, 5.41) is 5.08. The molecule has 3 aliphatic rings. The van der Waals surface area contributed by atoms with Gasteiger partial charge in [0.15, 0.2) is 0 Å². The van der Waals surface area contributed by atoms with Gasteiger partial charge in [0, 0.05) is 44.1 Å². The zero-order chi connectivity index (χ0) is 36.1. The van der Waals surface area contributed by atoms with E-state index in [-0.39, 0.29) is 10.8 Å². The van der Waals surface area contributed by atoms with E-state index in [1.54, 1.807) is 0 Å². The van der Waals surface area contributed by atoms with Crippen LogP contribution < -0.4 is 4.90 Å². The monoisotopic (exact) mass is 691 g/mol. The summed E-state index contributed by atoms with van der Waals surface area (Å²) in [6.07, 6.45) is 0. The maximum Gasteiger partial charge on any atom is 0.136 e. The van der Waals surface area contributed by atoms with Gasteiger partial charge in [0.05, 0.1) is 0 Å². The van der Waals surface area contributed by atoms with Crippen LogP contribution in [0.3, 0.4) is 0 Å². The largest absolute Gasteiger partial charge is 0.456 e. The summed E-state index contributed by atoms with van der Waals surface area (Å²) in [6.45, 7) is 9.50. The predicted molar refractivity (Wildman–Crippen MR) is 225 cm³/mol. The van der Waals surface area contributed by atoms with Gasteiger partial charge in [-0.1, -0.05) is 119 Å². The van der Waals surface area contributed by atoms with Gasteiger partial charge in [0.1, 0.15) is 11.2 Å². The van der Waals surface area contributed by atoms with E-state index in [9.17, 15) is 0 Å². The van der Waals surface area contributed by atoms with Gasteiger partial charge in [-0.25, -0.2) is 0 Å². The van der Waals surface area contributed by atoms with Crippen LogP contribution in [0.25, 0.3) is 77.2 Å². The first-order chi connectivity index (χ1) is 26.3. The highest BCUT2D eigenvalue weighted by molar-refractivity contribution is 6.30. The van der Waals surface area contributed by atoms with Gasteiger partial charge in [-0.05, 0) is 133 Å². The van der Waals surface area contributed by atoms with E-state index in [1.165, 1.54) is 88.3 Å². The molecule has 0 saturated carbocycles. The summed E-state index contributed by atoms with van der Waals surface area (Å²) in [5.74, 6) is 0. The summed E-state index contributed by atoms with van der Waals surface area (Å²) in [6, 6.07) is 56.4. The lowest BCUT2D eigenvalue weighted by Gasteiger charge is -2.28. The summed E-state index contributed by atoms with van der Waals surface area (Å²) in [5.41, 5.74) is 21.1. The summed E-state index contributed by atoms with van der Waals surface area (Å²) < 4.78 is 6.53. The number of hydrogen-bond acceptors (Lipinski definition) is 2. The van der Waals surface area contributed by atoms with Crippen molar-refractivity contribution in [3.63, 3.8) is 0 Å². The number of rotatable bonds is 4. The minimum atomic E-state index is -0.147. The number of para-hydroxylation sites is 1. The molecule has 1 heterocycles. The Labute approximate surface area is 314 Å². The van der Waals surface area contributed by atoms with Crippen LogP contribution in [0, 0.1) is 0 Å². The number of anilines is 3. The van der Waals surface area contributed by atoms with E-state index in [1.807, 2.05) is 0 Å². The molecule has 1 aromatic heterocycles. The fourth-order valence-corrected chi connectivity index (χ4v) is 10.3. The highest BCUT2D eigenvalue weighted by Gasteiger charge is 2.41. The number of fused-ring (bicyclic) bond motifs is 4. The Balaban J connectivity index is 1.03. The zero-order valence-corrected chi connectivity index (χ0v) is 30.8. The predicted octanol–water partition coefficient (Wildman–Crippen LogP) is 14.5. The van der Waals surface area contributed by atoms with Crippen molar-refractivity contribution >= 4 is 49.8 Å². The average Bonchev–Trinajstić information content (AvgIpc) is 3.74. The molecular weight excluding hydrogens is 655 g/mol. The SMILES string of the molecule is CC1(C)c2ccccc2-c2ccc(N(c3ccccc3)c3ccc(-c4cc5c6c(c4)C(C)(C)c4ccc7ccc8oc9cccc-5c9c8c7c4-6)cc3)cc21. The van der Waals surface area contributed by atoms with Crippen LogP contribution in [0.1, 0.15) is 49.9 Å². The van der Waals surface area contributed by atoms with Gasteiger partial charge in [-0.15, -0.1) is 0 Å². The molecule has 0 unspecified atom stereocenters. The second-order valence-electron chi connectivity index (χ2n) is 16.5. The molecule has 0 atom stereocenters. The molecule has 0 N–H and O–H groups in total. The van der Waals surface area contributed by atoms with Crippen molar-refractivity contribution in [1.82, 2.24) is 0 Å². The highest BCUT2D eigenvalue weighted by Crippen LogP contribution is 2.60. The minimum absolute atomic E-state index is 0.0754. The third-order valence-corrected chi connectivity index (χ3v) is 13.0. The number of furan rings is 1. The zero-order valence-electron chi connectivity index (χ0n) is 30.8. The number of benzene rings is 8. The second-order valence-corrected chi connectivity index (χ2v) is 16.5. The smallest absolute Gasteiger partial charge is 0.136 e. The molecule has 2 heteroatoms. The van der Waals surface area contributed by atoms with E-state index in [0.717, 1.165) is 28.2 Å². The molecule has 256 valence electrons. The first-order valence-electron chi connectivity index (χ1n) is 19.1. The third-order valence-electron chi connectivity index (χ3n) is 13.0. The minimum Gasteiger partial charge on any atom is -0.456 e. The molecule has 0 aliphatic heterocycles. The maximum absolute atomic E-state index is 6.53.